The first-order valence-corrected chi connectivity index (χ1v) is 4.31. The fraction of sp³-hybridized carbons (Fsp3) is 0.889. The maximum Gasteiger partial charge on any atom is 0.219 e. The number of ether oxygens (including phenoxy) is 1. The Kier molecular flexibility index (Phi) is 2.42. The average molecular weight is 171 g/mol. The summed E-state index contributed by atoms with van der Waals surface area (Å²) in [5.41, 5.74) is -0.134. The Morgan fingerprint density at radius 3 is 2.50 bits per heavy atom. The van der Waals surface area contributed by atoms with Crippen molar-refractivity contribution in [3.8, 4) is 0 Å². The van der Waals surface area contributed by atoms with E-state index in [4.69, 9.17) is 4.74 Å². The lowest BCUT2D eigenvalue weighted by Crippen LogP contribution is -2.35. The third-order valence-electron chi connectivity index (χ3n) is 2.66. The van der Waals surface area contributed by atoms with Crippen molar-refractivity contribution < 1.29 is 9.53 Å². The van der Waals surface area contributed by atoms with Crippen molar-refractivity contribution in [1.29, 1.82) is 0 Å². The van der Waals surface area contributed by atoms with Crippen LogP contribution in [0.25, 0.3) is 0 Å². The highest BCUT2D eigenvalue weighted by Crippen LogP contribution is 2.29. The maximum atomic E-state index is 11.1. The minimum absolute atomic E-state index is 0.134. The van der Waals surface area contributed by atoms with Crippen LogP contribution in [0.1, 0.15) is 27.2 Å². The largest absolute Gasteiger partial charge is 0.377 e. The second kappa shape index (κ2) is 3.05. The summed E-state index contributed by atoms with van der Waals surface area (Å²) in [6.45, 7) is 6.44. The first kappa shape index (κ1) is 9.52. The summed E-state index contributed by atoms with van der Waals surface area (Å²) in [4.78, 5) is 13.0. The second-order valence-electron chi connectivity index (χ2n) is 3.85. The van der Waals surface area contributed by atoms with Crippen LogP contribution in [0.15, 0.2) is 0 Å². The van der Waals surface area contributed by atoms with E-state index in [1.165, 1.54) is 0 Å². The smallest absolute Gasteiger partial charge is 0.219 e. The molecular formula is C9H17NO2. The van der Waals surface area contributed by atoms with Gasteiger partial charge < -0.3 is 9.64 Å². The number of nitrogens with zero attached hydrogens (tertiary/aromatic N) is 1. The van der Waals surface area contributed by atoms with Gasteiger partial charge in [-0.2, -0.15) is 0 Å². The number of carbonyl (C=O) groups excluding carboxylic acids is 1. The Morgan fingerprint density at radius 1 is 1.67 bits per heavy atom. The zero-order chi connectivity index (χ0) is 9.35. The van der Waals surface area contributed by atoms with Gasteiger partial charge in [0.05, 0.1) is 5.60 Å². The van der Waals surface area contributed by atoms with Gasteiger partial charge in [0.2, 0.25) is 5.91 Å². The van der Waals surface area contributed by atoms with Crippen LogP contribution < -0.4 is 0 Å². The molecule has 0 aromatic rings. The maximum absolute atomic E-state index is 11.1. The average Bonchev–Trinajstić information content (AvgIpc) is 2.28. The van der Waals surface area contributed by atoms with Crippen LogP contribution >= 0.6 is 0 Å². The van der Waals surface area contributed by atoms with Gasteiger partial charge in [-0.05, 0) is 20.3 Å². The van der Waals surface area contributed by atoms with Crippen LogP contribution in [0.3, 0.4) is 0 Å². The molecular weight excluding hydrogens is 154 g/mol. The first-order chi connectivity index (χ1) is 5.48. The summed E-state index contributed by atoms with van der Waals surface area (Å²) in [5.74, 6) is 0.142. The molecule has 0 N–H and O–H groups in total. The Hall–Kier alpha value is -0.570. The lowest BCUT2D eigenvalue weighted by Gasteiger charge is -2.22. The van der Waals surface area contributed by atoms with Crippen molar-refractivity contribution in [2.45, 2.75) is 38.8 Å². The normalized spacial score (nSPS) is 35.7. The van der Waals surface area contributed by atoms with Crippen LogP contribution in [-0.2, 0) is 9.53 Å². The molecule has 2 atom stereocenters. The molecule has 0 aromatic heterocycles. The van der Waals surface area contributed by atoms with E-state index in [1.807, 2.05) is 11.8 Å². The molecule has 1 heterocycles. The number of hydrogen-bond acceptors (Lipinski definition) is 2. The Bertz CT molecular complexity index is 193. The zero-order valence-electron chi connectivity index (χ0n) is 8.26. The van der Waals surface area contributed by atoms with Crippen LogP contribution in [-0.4, -0.2) is 36.1 Å². The van der Waals surface area contributed by atoms with Crippen molar-refractivity contribution in [1.82, 2.24) is 4.90 Å². The summed E-state index contributed by atoms with van der Waals surface area (Å²) in [5, 5.41) is 0. The molecule has 1 amide bonds. The third-order valence-corrected chi connectivity index (χ3v) is 2.66. The first-order valence-electron chi connectivity index (χ1n) is 4.31. The van der Waals surface area contributed by atoms with Crippen molar-refractivity contribution in [2.24, 2.45) is 0 Å². The molecule has 70 valence electrons. The molecule has 0 spiro atoms. The summed E-state index contributed by atoms with van der Waals surface area (Å²) >= 11 is 0. The van der Waals surface area contributed by atoms with Gasteiger partial charge in [0, 0.05) is 26.6 Å². The molecule has 0 radical (unpaired) electrons. The van der Waals surface area contributed by atoms with E-state index in [2.05, 4.69) is 6.92 Å². The third kappa shape index (κ3) is 1.61. The molecule has 0 aromatic carbocycles. The van der Waals surface area contributed by atoms with E-state index in [9.17, 15) is 4.79 Å². The molecule has 1 fully saturated rings. The lowest BCUT2D eigenvalue weighted by atomic mass is 10.0. The van der Waals surface area contributed by atoms with Crippen molar-refractivity contribution in [3.63, 3.8) is 0 Å². The van der Waals surface area contributed by atoms with E-state index in [0.29, 0.717) is 6.04 Å². The lowest BCUT2D eigenvalue weighted by molar-refractivity contribution is -0.130. The number of rotatable bonds is 1. The second-order valence-corrected chi connectivity index (χ2v) is 3.85. The predicted octanol–water partition coefficient (Wildman–Crippen LogP) is 1.03. The van der Waals surface area contributed by atoms with Gasteiger partial charge in [0.25, 0.3) is 0 Å². The molecule has 1 unspecified atom stereocenters. The molecule has 0 bridgehead atoms. The fourth-order valence-electron chi connectivity index (χ4n) is 1.89. The number of likely N-dealkylation sites (tertiary alicyclic amines) is 1. The van der Waals surface area contributed by atoms with Gasteiger partial charge in [0.15, 0.2) is 0 Å². The van der Waals surface area contributed by atoms with Crippen LogP contribution in [0.4, 0.5) is 0 Å². The summed E-state index contributed by atoms with van der Waals surface area (Å²) in [6.07, 6.45) is 0.934. The van der Waals surface area contributed by atoms with E-state index < -0.39 is 0 Å². The Balaban J connectivity index is 2.68. The highest BCUT2D eigenvalue weighted by Gasteiger charge is 2.39. The zero-order valence-corrected chi connectivity index (χ0v) is 8.26. The summed E-state index contributed by atoms with van der Waals surface area (Å²) in [7, 11) is 1.70. The molecule has 3 nitrogen and oxygen atoms in total. The predicted molar refractivity (Wildman–Crippen MR) is 46.9 cm³/mol. The van der Waals surface area contributed by atoms with Crippen LogP contribution in [0, 0.1) is 0 Å². The van der Waals surface area contributed by atoms with Gasteiger partial charge in [-0.15, -0.1) is 0 Å². The van der Waals surface area contributed by atoms with Gasteiger partial charge in [-0.3, -0.25) is 4.79 Å². The SMILES string of the molecule is COC1(C)C[C@H](C)N(C(C)=O)C1. The molecule has 1 aliphatic heterocycles. The molecule has 0 aliphatic carbocycles. The number of methoxy groups -OCH3 is 1. The van der Waals surface area contributed by atoms with Gasteiger partial charge in [-0.1, -0.05) is 0 Å². The topological polar surface area (TPSA) is 29.5 Å². The van der Waals surface area contributed by atoms with E-state index in [-0.39, 0.29) is 11.5 Å². The fourth-order valence-corrected chi connectivity index (χ4v) is 1.89. The van der Waals surface area contributed by atoms with Gasteiger partial charge >= 0.3 is 0 Å². The van der Waals surface area contributed by atoms with Crippen LogP contribution in [0.2, 0.25) is 0 Å². The highest BCUT2D eigenvalue weighted by atomic mass is 16.5. The highest BCUT2D eigenvalue weighted by molar-refractivity contribution is 5.74. The molecule has 0 saturated carbocycles. The van der Waals surface area contributed by atoms with Crippen LogP contribution in [0.5, 0.6) is 0 Å². The quantitative estimate of drug-likeness (QED) is 0.589. The summed E-state index contributed by atoms with van der Waals surface area (Å²) in [6, 6.07) is 0.312. The standard InChI is InChI=1S/C9H17NO2/c1-7-5-9(3,12-4)6-10(7)8(2)11/h7H,5-6H2,1-4H3/t7-,9?/m0/s1. The number of hydrogen-bond donors (Lipinski definition) is 0. The van der Waals surface area contributed by atoms with Crippen molar-refractivity contribution >= 4 is 5.91 Å². The summed E-state index contributed by atoms with van der Waals surface area (Å²) < 4.78 is 5.36. The Labute approximate surface area is 73.7 Å². The van der Waals surface area contributed by atoms with E-state index in [0.717, 1.165) is 13.0 Å². The monoisotopic (exact) mass is 171 g/mol. The van der Waals surface area contributed by atoms with Crippen molar-refractivity contribution in [2.75, 3.05) is 13.7 Å². The number of carbonyl (C=O) groups is 1. The van der Waals surface area contributed by atoms with Gasteiger partial charge in [0.1, 0.15) is 0 Å². The molecule has 1 rings (SSSR count). The van der Waals surface area contributed by atoms with E-state index >= 15 is 0 Å². The molecule has 1 saturated heterocycles. The van der Waals surface area contributed by atoms with Gasteiger partial charge in [-0.25, -0.2) is 0 Å². The molecule has 3 heteroatoms. The minimum atomic E-state index is -0.134. The minimum Gasteiger partial charge on any atom is -0.377 e. The van der Waals surface area contributed by atoms with E-state index in [1.54, 1.807) is 14.0 Å². The Morgan fingerprint density at radius 2 is 2.25 bits per heavy atom. The molecule has 1 aliphatic rings. The number of amides is 1. The molecule has 12 heavy (non-hydrogen) atoms. The van der Waals surface area contributed by atoms with Crippen molar-refractivity contribution in [3.05, 3.63) is 0 Å².